The third kappa shape index (κ3) is 2.67. The van der Waals surface area contributed by atoms with E-state index >= 15 is 0 Å². The van der Waals surface area contributed by atoms with E-state index in [-0.39, 0.29) is 4.83 Å². The summed E-state index contributed by atoms with van der Waals surface area (Å²) >= 11 is 7.23. The molecule has 1 aliphatic heterocycles. The fourth-order valence-corrected chi connectivity index (χ4v) is 3.48. The molecule has 2 heterocycles. The molecule has 1 aromatic carbocycles. The molecule has 2 aromatic rings. The van der Waals surface area contributed by atoms with E-state index in [0.29, 0.717) is 13.2 Å². The van der Waals surface area contributed by atoms with Crippen LogP contribution < -0.4 is 9.47 Å². The quantitative estimate of drug-likeness (QED) is 0.700. The normalized spacial score (nSPS) is 15.9. The van der Waals surface area contributed by atoms with Crippen molar-refractivity contribution in [3.05, 3.63) is 46.3 Å². The van der Waals surface area contributed by atoms with E-state index < -0.39 is 0 Å². The minimum atomic E-state index is -0.0194. The van der Waals surface area contributed by atoms with Gasteiger partial charge in [0.05, 0.1) is 24.3 Å². The Bertz CT molecular complexity index is 566. The van der Waals surface area contributed by atoms with E-state index in [1.54, 1.807) is 6.26 Å². The van der Waals surface area contributed by atoms with Crippen LogP contribution in [0.1, 0.15) is 22.6 Å². The molecule has 0 spiro atoms. The fraction of sp³-hybridized carbons (Fsp3) is 0.286. The van der Waals surface area contributed by atoms with Crippen LogP contribution >= 0.6 is 31.9 Å². The second-order valence-electron chi connectivity index (χ2n) is 4.25. The third-order valence-corrected chi connectivity index (χ3v) is 4.56. The van der Waals surface area contributed by atoms with Crippen LogP contribution in [0.4, 0.5) is 0 Å². The highest BCUT2D eigenvalue weighted by atomic mass is 79.9. The summed E-state index contributed by atoms with van der Waals surface area (Å²) in [6, 6.07) is 7.76. The average molecular weight is 388 g/mol. The molecular formula is C14H12Br2O3. The Balaban J connectivity index is 2.00. The van der Waals surface area contributed by atoms with Gasteiger partial charge in [0, 0.05) is 10.9 Å². The number of furan rings is 1. The Kier molecular flexibility index (Phi) is 3.84. The van der Waals surface area contributed by atoms with Crippen molar-refractivity contribution in [1.82, 2.24) is 0 Å². The molecule has 0 amide bonds. The van der Waals surface area contributed by atoms with Crippen LogP contribution in [-0.4, -0.2) is 13.2 Å². The van der Waals surface area contributed by atoms with Gasteiger partial charge in [0.2, 0.25) is 0 Å². The average Bonchev–Trinajstić information content (AvgIpc) is 2.84. The molecule has 1 aromatic heterocycles. The molecule has 0 saturated carbocycles. The molecule has 3 rings (SSSR count). The first-order valence-electron chi connectivity index (χ1n) is 6.02. The molecule has 0 N–H and O–H groups in total. The molecule has 3 nitrogen and oxygen atoms in total. The van der Waals surface area contributed by atoms with Crippen LogP contribution in [0.3, 0.4) is 0 Å². The maximum Gasteiger partial charge on any atom is 0.162 e. The highest BCUT2D eigenvalue weighted by Crippen LogP contribution is 2.42. The molecule has 1 atom stereocenters. The summed E-state index contributed by atoms with van der Waals surface area (Å²) < 4.78 is 17.8. The largest absolute Gasteiger partial charge is 0.490 e. The molecule has 0 fully saturated rings. The number of fused-ring (bicyclic) bond motifs is 1. The lowest BCUT2D eigenvalue weighted by Gasteiger charge is -2.14. The molecule has 100 valence electrons. The second-order valence-corrected chi connectivity index (χ2v) is 6.02. The predicted octanol–water partition coefficient (Wildman–Crippen LogP) is 4.69. The van der Waals surface area contributed by atoms with Gasteiger partial charge in [0.1, 0.15) is 5.76 Å². The van der Waals surface area contributed by atoms with Gasteiger partial charge < -0.3 is 13.9 Å². The van der Waals surface area contributed by atoms with Crippen LogP contribution in [-0.2, 0) is 0 Å². The van der Waals surface area contributed by atoms with Crippen molar-refractivity contribution in [3.8, 4) is 11.5 Å². The van der Waals surface area contributed by atoms with Gasteiger partial charge in [0.25, 0.3) is 0 Å². The van der Waals surface area contributed by atoms with Gasteiger partial charge in [0.15, 0.2) is 11.5 Å². The van der Waals surface area contributed by atoms with Gasteiger partial charge in [-0.05, 0) is 29.8 Å². The van der Waals surface area contributed by atoms with Gasteiger partial charge in [-0.3, -0.25) is 0 Å². The van der Waals surface area contributed by atoms with Crippen molar-refractivity contribution < 1.29 is 13.9 Å². The SMILES string of the molecule is Brc1cc2c(cc1C(Br)c1ccco1)OCCCO2. The smallest absolute Gasteiger partial charge is 0.162 e. The lowest BCUT2D eigenvalue weighted by Crippen LogP contribution is -1.97. The standard InChI is InChI=1S/C14H12Br2O3/c15-10-8-13-12(18-5-2-6-19-13)7-9(10)14(16)11-3-1-4-17-11/h1,3-4,7-8,14H,2,5-6H2. The number of halogens is 2. The Morgan fingerprint density at radius 1 is 1.11 bits per heavy atom. The summed E-state index contributed by atoms with van der Waals surface area (Å²) in [6.45, 7) is 1.37. The maximum atomic E-state index is 5.71. The molecule has 0 aliphatic carbocycles. The number of ether oxygens (including phenoxy) is 2. The number of hydrogen-bond donors (Lipinski definition) is 0. The maximum absolute atomic E-state index is 5.71. The monoisotopic (exact) mass is 386 g/mol. The van der Waals surface area contributed by atoms with E-state index in [9.17, 15) is 0 Å². The molecule has 19 heavy (non-hydrogen) atoms. The summed E-state index contributed by atoms with van der Waals surface area (Å²) in [4.78, 5) is -0.0194. The second kappa shape index (κ2) is 5.59. The summed E-state index contributed by atoms with van der Waals surface area (Å²) in [5.74, 6) is 2.43. The molecule has 0 radical (unpaired) electrons. The Hall–Kier alpha value is -0.940. The first kappa shape index (κ1) is 13.1. The summed E-state index contributed by atoms with van der Waals surface area (Å²) in [5.41, 5.74) is 1.05. The number of benzene rings is 1. The van der Waals surface area contributed by atoms with Crippen molar-refractivity contribution in [3.63, 3.8) is 0 Å². The zero-order valence-corrected chi connectivity index (χ0v) is 13.2. The van der Waals surface area contributed by atoms with Gasteiger partial charge >= 0.3 is 0 Å². The van der Waals surface area contributed by atoms with E-state index in [1.165, 1.54) is 0 Å². The lowest BCUT2D eigenvalue weighted by molar-refractivity contribution is 0.297. The van der Waals surface area contributed by atoms with Crippen molar-refractivity contribution in [2.75, 3.05) is 13.2 Å². The van der Waals surface area contributed by atoms with E-state index in [2.05, 4.69) is 31.9 Å². The van der Waals surface area contributed by atoms with Crippen molar-refractivity contribution in [1.29, 1.82) is 0 Å². The number of hydrogen-bond acceptors (Lipinski definition) is 3. The van der Waals surface area contributed by atoms with Crippen LogP contribution in [0.5, 0.6) is 11.5 Å². The van der Waals surface area contributed by atoms with E-state index in [1.807, 2.05) is 24.3 Å². The minimum absolute atomic E-state index is 0.0194. The minimum Gasteiger partial charge on any atom is -0.490 e. The highest BCUT2D eigenvalue weighted by molar-refractivity contribution is 9.11. The predicted molar refractivity (Wildman–Crippen MR) is 79.2 cm³/mol. The molecule has 1 aliphatic rings. The zero-order valence-electron chi connectivity index (χ0n) is 10.1. The van der Waals surface area contributed by atoms with Crippen molar-refractivity contribution in [2.45, 2.75) is 11.2 Å². The molecule has 5 heteroatoms. The Morgan fingerprint density at radius 3 is 2.53 bits per heavy atom. The van der Waals surface area contributed by atoms with Crippen LogP contribution in [0, 0.1) is 0 Å². The van der Waals surface area contributed by atoms with Crippen LogP contribution in [0.2, 0.25) is 0 Å². The van der Waals surface area contributed by atoms with Crippen LogP contribution in [0.25, 0.3) is 0 Å². The number of rotatable bonds is 2. The third-order valence-electron chi connectivity index (χ3n) is 2.93. The van der Waals surface area contributed by atoms with Crippen molar-refractivity contribution >= 4 is 31.9 Å². The van der Waals surface area contributed by atoms with Gasteiger partial charge in [-0.2, -0.15) is 0 Å². The first-order chi connectivity index (χ1) is 9.25. The first-order valence-corrected chi connectivity index (χ1v) is 7.73. The summed E-state index contributed by atoms with van der Waals surface area (Å²) in [7, 11) is 0. The lowest BCUT2D eigenvalue weighted by atomic mass is 10.1. The fourth-order valence-electron chi connectivity index (χ4n) is 1.98. The molecule has 0 saturated heterocycles. The number of alkyl halides is 1. The highest BCUT2D eigenvalue weighted by Gasteiger charge is 2.20. The van der Waals surface area contributed by atoms with Gasteiger partial charge in [-0.15, -0.1) is 0 Å². The molecular weight excluding hydrogens is 376 g/mol. The van der Waals surface area contributed by atoms with Gasteiger partial charge in [-0.1, -0.05) is 31.9 Å². The Morgan fingerprint density at radius 2 is 1.84 bits per heavy atom. The van der Waals surface area contributed by atoms with E-state index in [4.69, 9.17) is 13.9 Å². The topological polar surface area (TPSA) is 31.6 Å². The molecule has 1 unspecified atom stereocenters. The van der Waals surface area contributed by atoms with Crippen LogP contribution in [0.15, 0.2) is 39.4 Å². The van der Waals surface area contributed by atoms with E-state index in [0.717, 1.165) is 33.7 Å². The summed E-state index contributed by atoms with van der Waals surface area (Å²) in [6.07, 6.45) is 2.57. The van der Waals surface area contributed by atoms with Gasteiger partial charge in [-0.25, -0.2) is 0 Å². The van der Waals surface area contributed by atoms with Crippen molar-refractivity contribution in [2.24, 2.45) is 0 Å². The summed E-state index contributed by atoms with van der Waals surface area (Å²) in [5, 5.41) is 0. The molecule has 0 bridgehead atoms. The Labute approximate surface area is 128 Å². The zero-order chi connectivity index (χ0) is 13.2.